The number of fused-ring (bicyclic) bond motifs is 1. The molecule has 0 bridgehead atoms. The van der Waals surface area contributed by atoms with Gasteiger partial charge in [0.25, 0.3) is 0 Å². The Bertz CT molecular complexity index is 1010. The number of aliphatic hydroxyl groups excluding tert-OH is 1. The van der Waals surface area contributed by atoms with Crippen LogP contribution in [0.3, 0.4) is 0 Å². The number of H-pyrrole nitrogens is 1. The highest BCUT2D eigenvalue weighted by molar-refractivity contribution is 7.89. The van der Waals surface area contributed by atoms with Gasteiger partial charge in [-0.1, -0.05) is 12.2 Å². The summed E-state index contributed by atoms with van der Waals surface area (Å²) in [5.74, 6) is 1.71. The van der Waals surface area contributed by atoms with Gasteiger partial charge in [-0.3, -0.25) is 0 Å². The minimum absolute atomic E-state index is 0.0591. The summed E-state index contributed by atoms with van der Waals surface area (Å²) in [6.45, 7) is 1.09. The Hall–Kier alpha value is -1.97. The molecule has 1 atom stereocenters. The molecule has 0 spiro atoms. The standard InChI is InChI=1S/C23H35N5O3S/c1-27(23-21-11-12-24-22(21)25-17-26-23)20-9-7-18(8-10-20)5-2-3-14-32(30,31)28-13-4-6-19(15-28)16-29/h2-3,11-12,17-20,29H,4-10,13-16H2,1H3,(H,24,25,26)/t18-,19?,20-. The minimum atomic E-state index is -3.28. The largest absolute Gasteiger partial charge is 0.396 e. The second-order valence-electron chi connectivity index (χ2n) is 9.26. The zero-order valence-corrected chi connectivity index (χ0v) is 19.7. The number of piperidine rings is 1. The van der Waals surface area contributed by atoms with E-state index in [0.717, 1.165) is 61.8 Å². The molecule has 1 saturated heterocycles. The Morgan fingerprint density at radius 1 is 1.19 bits per heavy atom. The predicted octanol–water partition coefficient (Wildman–Crippen LogP) is 2.93. The molecule has 0 aromatic carbocycles. The highest BCUT2D eigenvalue weighted by Crippen LogP contribution is 2.33. The van der Waals surface area contributed by atoms with Gasteiger partial charge in [0.15, 0.2) is 0 Å². The first kappa shape index (κ1) is 23.2. The second-order valence-corrected chi connectivity index (χ2v) is 11.3. The van der Waals surface area contributed by atoms with Crippen LogP contribution in [0.25, 0.3) is 11.0 Å². The van der Waals surface area contributed by atoms with Gasteiger partial charge in [0.2, 0.25) is 10.0 Å². The van der Waals surface area contributed by atoms with E-state index in [9.17, 15) is 13.5 Å². The molecule has 32 heavy (non-hydrogen) atoms. The molecule has 1 unspecified atom stereocenters. The van der Waals surface area contributed by atoms with E-state index in [-0.39, 0.29) is 18.3 Å². The van der Waals surface area contributed by atoms with Crippen LogP contribution in [0.4, 0.5) is 5.82 Å². The molecule has 1 aliphatic heterocycles. The Morgan fingerprint density at radius 3 is 2.78 bits per heavy atom. The van der Waals surface area contributed by atoms with E-state index in [4.69, 9.17) is 0 Å². The molecule has 2 aliphatic rings. The molecule has 2 aromatic rings. The number of sulfonamides is 1. The third-order valence-corrected chi connectivity index (χ3v) is 8.84. The van der Waals surface area contributed by atoms with E-state index in [0.29, 0.717) is 25.0 Å². The number of allylic oxidation sites excluding steroid dienone is 1. The molecular formula is C23H35N5O3S. The van der Waals surface area contributed by atoms with Gasteiger partial charge in [-0.2, -0.15) is 0 Å². The van der Waals surface area contributed by atoms with E-state index in [1.807, 2.05) is 24.4 Å². The van der Waals surface area contributed by atoms with E-state index < -0.39 is 10.0 Å². The maximum Gasteiger partial charge on any atom is 0.217 e. The lowest BCUT2D eigenvalue weighted by Gasteiger charge is -2.35. The van der Waals surface area contributed by atoms with E-state index in [1.54, 1.807) is 10.6 Å². The number of aromatic amines is 1. The van der Waals surface area contributed by atoms with Gasteiger partial charge in [0.05, 0.1) is 11.1 Å². The summed E-state index contributed by atoms with van der Waals surface area (Å²) in [5, 5.41) is 10.4. The lowest BCUT2D eigenvalue weighted by Crippen LogP contribution is -2.41. The van der Waals surface area contributed by atoms with E-state index in [1.165, 1.54) is 0 Å². The third kappa shape index (κ3) is 5.32. The van der Waals surface area contributed by atoms with Crippen LogP contribution in [-0.2, 0) is 10.0 Å². The summed E-state index contributed by atoms with van der Waals surface area (Å²) >= 11 is 0. The highest BCUT2D eigenvalue weighted by Gasteiger charge is 2.28. The summed E-state index contributed by atoms with van der Waals surface area (Å²) in [4.78, 5) is 14.2. The first-order valence-corrected chi connectivity index (χ1v) is 13.3. The summed E-state index contributed by atoms with van der Waals surface area (Å²) in [7, 11) is -1.16. The first-order chi connectivity index (χ1) is 15.5. The fourth-order valence-electron chi connectivity index (χ4n) is 5.09. The molecule has 176 valence electrons. The molecule has 1 aliphatic carbocycles. The van der Waals surface area contributed by atoms with Crippen molar-refractivity contribution >= 4 is 26.9 Å². The number of aliphatic hydroxyl groups is 1. The fraction of sp³-hybridized carbons (Fsp3) is 0.652. The van der Waals surface area contributed by atoms with Crippen LogP contribution in [-0.4, -0.2) is 71.3 Å². The fourth-order valence-corrected chi connectivity index (χ4v) is 6.53. The second kappa shape index (κ2) is 10.3. The van der Waals surface area contributed by atoms with Gasteiger partial charge in [0.1, 0.15) is 17.8 Å². The van der Waals surface area contributed by atoms with Gasteiger partial charge in [0, 0.05) is 39.0 Å². The summed E-state index contributed by atoms with van der Waals surface area (Å²) in [6.07, 6.45) is 14.5. The van der Waals surface area contributed by atoms with Crippen LogP contribution in [0.1, 0.15) is 44.9 Å². The summed E-state index contributed by atoms with van der Waals surface area (Å²) in [6, 6.07) is 2.49. The Morgan fingerprint density at radius 2 is 2.00 bits per heavy atom. The van der Waals surface area contributed by atoms with Crippen LogP contribution < -0.4 is 4.90 Å². The van der Waals surface area contributed by atoms with Gasteiger partial charge in [-0.15, -0.1) is 0 Å². The van der Waals surface area contributed by atoms with Gasteiger partial charge in [-0.25, -0.2) is 22.7 Å². The number of aromatic nitrogens is 3. The number of anilines is 1. The number of rotatable bonds is 8. The zero-order chi connectivity index (χ0) is 22.6. The van der Waals surface area contributed by atoms with Crippen molar-refractivity contribution in [1.82, 2.24) is 19.3 Å². The van der Waals surface area contributed by atoms with Crippen molar-refractivity contribution in [2.75, 3.05) is 37.4 Å². The summed E-state index contributed by atoms with van der Waals surface area (Å²) in [5.41, 5.74) is 0.868. The van der Waals surface area contributed by atoms with Crippen molar-refractivity contribution in [2.45, 2.75) is 51.0 Å². The Labute approximate surface area is 190 Å². The maximum atomic E-state index is 12.6. The molecule has 1 saturated carbocycles. The van der Waals surface area contributed by atoms with Gasteiger partial charge in [-0.05, 0) is 62.8 Å². The monoisotopic (exact) mass is 461 g/mol. The lowest BCUT2D eigenvalue weighted by molar-refractivity contribution is 0.165. The van der Waals surface area contributed by atoms with Crippen molar-refractivity contribution in [1.29, 1.82) is 0 Å². The van der Waals surface area contributed by atoms with Crippen molar-refractivity contribution in [3.05, 3.63) is 30.7 Å². The molecule has 2 fully saturated rings. The van der Waals surface area contributed by atoms with Crippen molar-refractivity contribution in [3.8, 4) is 0 Å². The van der Waals surface area contributed by atoms with Crippen molar-refractivity contribution < 1.29 is 13.5 Å². The predicted molar refractivity (Wildman–Crippen MR) is 127 cm³/mol. The number of nitrogens with one attached hydrogen (secondary N) is 1. The average molecular weight is 462 g/mol. The van der Waals surface area contributed by atoms with Gasteiger partial charge >= 0.3 is 0 Å². The van der Waals surface area contributed by atoms with Crippen molar-refractivity contribution in [3.63, 3.8) is 0 Å². The number of hydrogen-bond acceptors (Lipinski definition) is 6. The van der Waals surface area contributed by atoms with Crippen LogP contribution in [0.15, 0.2) is 30.7 Å². The third-order valence-electron chi connectivity index (χ3n) is 7.11. The van der Waals surface area contributed by atoms with E-state index >= 15 is 0 Å². The number of nitrogens with zero attached hydrogens (tertiary/aromatic N) is 4. The normalized spacial score (nSPS) is 25.5. The van der Waals surface area contributed by atoms with Crippen LogP contribution >= 0.6 is 0 Å². The van der Waals surface area contributed by atoms with Crippen LogP contribution in [0.2, 0.25) is 0 Å². The Kier molecular flexibility index (Phi) is 7.48. The van der Waals surface area contributed by atoms with E-state index in [2.05, 4.69) is 26.9 Å². The first-order valence-electron chi connectivity index (χ1n) is 11.7. The zero-order valence-electron chi connectivity index (χ0n) is 18.9. The molecule has 3 heterocycles. The smallest absolute Gasteiger partial charge is 0.217 e. The van der Waals surface area contributed by atoms with Crippen molar-refractivity contribution in [2.24, 2.45) is 11.8 Å². The summed E-state index contributed by atoms with van der Waals surface area (Å²) < 4.78 is 26.8. The van der Waals surface area contributed by atoms with Gasteiger partial charge < -0.3 is 15.0 Å². The molecule has 0 amide bonds. The minimum Gasteiger partial charge on any atom is -0.396 e. The molecule has 2 aromatic heterocycles. The SMILES string of the molecule is CN(c1ncnc2[nH]ccc12)[C@H]1CC[C@H](CC=CCS(=O)(=O)N2CCCC(CO)C2)CC1. The van der Waals surface area contributed by atoms with Crippen LogP contribution in [0, 0.1) is 11.8 Å². The molecule has 4 rings (SSSR count). The Balaban J connectivity index is 1.24. The quantitative estimate of drug-likeness (QED) is 0.586. The topological polar surface area (TPSA) is 102 Å². The molecule has 8 nitrogen and oxygen atoms in total. The molecule has 9 heteroatoms. The molecular weight excluding hydrogens is 426 g/mol. The highest BCUT2D eigenvalue weighted by atomic mass is 32.2. The molecule has 2 N–H and O–H groups in total. The number of hydrogen-bond donors (Lipinski definition) is 2. The van der Waals surface area contributed by atoms with Crippen LogP contribution in [0.5, 0.6) is 0 Å². The lowest BCUT2D eigenvalue weighted by atomic mass is 9.83. The maximum absolute atomic E-state index is 12.6. The molecule has 0 radical (unpaired) electrons. The average Bonchev–Trinajstić information content (AvgIpc) is 3.31.